The molecule has 1 unspecified atom stereocenters. The van der Waals surface area contributed by atoms with E-state index in [1.165, 1.54) is 0 Å². The Bertz CT molecular complexity index is 875. The lowest BCUT2D eigenvalue weighted by molar-refractivity contribution is 0.0730. The Morgan fingerprint density at radius 3 is 2.80 bits per heavy atom. The standard InChI is InChI=1S/C20H19N3O2/c24-18-9-8-15(13-16(18)14-5-2-1-3-6-14)20(25)23-12-4-7-17(23)19-21-10-11-22-19/h1-3,5-6,8-11,13,17,24H,4,7,12H2,(H,21,22). The molecule has 5 nitrogen and oxygen atoms in total. The van der Waals surface area contributed by atoms with Gasteiger partial charge in [-0.25, -0.2) is 4.98 Å². The molecule has 0 bridgehead atoms. The van der Waals surface area contributed by atoms with Gasteiger partial charge in [-0.05, 0) is 36.6 Å². The Morgan fingerprint density at radius 2 is 2.04 bits per heavy atom. The number of rotatable bonds is 3. The van der Waals surface area contributed by atoms with Gasteiger partial charge in [0.2, 0.25) is 0 Å². The summed E-state index contributed by atoms with van der Waals surface area (Å²) in [5.41, 5.74) is 2.13. The number of aromatic hydroxyl groups is 1. The Kier molecular flexibility index (Phi) is 3.98. The van der Waals surface area contributed by atoms with Crippen molar-refractivity contribution in [3.8, 4) is 16.9 Å². The largest absolute Gasteiger partial charge is 0.507 e. The van der Waals surface area contributed by atoms with Gasteiger partial charge in [-0.3, -0.25) is 4.79 Å². The van der Waals surface area contributed by atoms with E-state index in [4.69, 9.17) is 0 Å². The van der Waals surface area contributed by atoms with Crippen molar-refractivity contribution in [2.45, 2.75) is 18.9 Å². The van der Waals surface area contributed by atoms with E-state index in [2.05, 4.69) is 9.97 Å². The summed E-state index contributed by atoms with van der Waals surface area (Å²) in [7, 11) is 0. The first-order valence-electron chi connectivity index (χ1n) is 8.43. The van der Waals surface area contributed by atoms with Crippen LogP contribution in [0.1, 0.15) is 35.1 Å². The molecular formula is C20H19N3O2. The van der Waals surface area contributed by atoms with E-state index in [9.17, 15) is 9.90 Å². The number of nitrogens with zero attached hydrogens (tertiary/aromatic N) is 2. The van der Waals surface area contributed by atoms with Crippen molar-refractivity contribution in [1.29, 1.82) is 0 Å². The average Bonchev–Trinajstić information content (AvgIpc) is 3.33. The number of aromatic nitrogens is 2. The summed E-state index contributed by atoms with van der Waals surface area (Å²) in [6, 6.07) is 14.6. The van der Waals surface area contributed by atoms with Crippen LogP contribution in [0.4, 0.5) is 0 Å². The predicted octanol–water partition coefficient (Wildman–Crippen LogP) is 3.76. The van der Waals surface area contributed by atoms with Crippen molar-refractivity contribution in [3.63, 3.8) is 0 Å². The molecule has 1 atom stereocenters. The number of hydrogen-bond donors (Lipinski definition) is 2. The first-order valence-corrected chi connectivity index (χ1v) is 8.43. The van der Waals surface area contributed by atoms with Gasteiger partial charge in [0.05, 0.1) is 6.04 Å². The molecule has 2 aromatic carbocycles. The van der Waals surface area contributed by atoms with Crippen LogP contribution in [0, 0.1) is 0 Å². The fourth-order valence-electron chi connectivity index (χ4n) is 3.44. The average molecular weight is 333 g/mol. The van der Waals surface area contributed by atoms with E-state index in [1.54, 1.807) is 30.6 Å². The number of carbonyl (C=O) groups is 1. The Morgan fingerprint density at radius 1 is 1.20 bits per heavy atom. The van der Waals surface area contributed by atoms with Crippen LogP contribution < -0.4 is 0 Å². The fourth-order valence-corrected chi connectivity index (χ4v) is 3.44. The summed E-state index contributed by atoms with van der Waals surface area (Å²) in [5, 5.41) is 10.2. The molecule has 0 aliphatic carbocycles. The predicted molar refractivity (Wildman–Crippen MR) is 95.1 cm³/mol. The number of H-pyrrole nitrogens is 1. The van der Waals surface area contributed by atoms with Gasteiger partial charge in [0.15, 0.2) is 0 Å². The van der Waals surface area contributed by atoms with E-state index in [0.717, 1.165) is 24.2 Å². The van der Waals surface area contributed by atoms with Gasteiger partial charge >= 0.3 is 0 Å². The molecule has 0 saturated carbocycles. The number of imidazole rings is 1. The van der Waals surface area contributed by atoms with Crippen LogP contribution in [0.2, 0.25) is 0 Å². The molecule has 5 heteroatoms. The molecule has 3 aromatic rings. The minimum atomic E-state index is -0.0314. The highest BCUT2D eigenvalue weighted by Crippen LogP contribution is 2.34. The SMILES string of the molecule is O=C(c1ccc(O)c(-c2ccccc2)c1)N1CCCC1c1ncc[nH]1. The normalized spacial score (nSPS) is 17.0. The van der Waals surface area contributed by atoms with Crippen molar-refractivity contribution in [2.24, 2.45) is 0 Å². The van der Waals surface area contributed by atoms with Crippen molar-refractivity contribution in [3.05, 3.63) is 72.3 Å². The van der Waals surface area contributed by atoms with Crippen LogP contribution >= 0.6 is 0 Å². The van der Waals surface area contributed by atoms with Gasteiger partial charge in [-0.2, -0.15) is 0 Å². The van der Waals surface area contributed by atoms with Crippen molar-refractivity contribution in [2.75, 3.05) is 6.54 Å². The smallest absolute Gasteiger partial charge is 0.254 e. The lowest BCUT2D eigenvalue weighted by atomic mass is 10.0. The molecule has 1 amide bonds. The summed E-state index contributed by atoms with van der Waals surface area (Å²) >= 11 is 0. The highest BCUT2D eigenvalue weighted by Gasteiger charge is 2.32. The molecule has 0 spiro atoms. The lowest BCUT2D eigenvalue weighted by Crippen LogP contribution is -2.31. The maximum Gasteiger partial charge on any atom is 0.254 e. The molecule has 126 valence electrons. The van der Waals surface area contributed by atoms with Crippen molar-refractivity contribution >= 4 is 5.91 Å². The third-order valence-corrected chi connectivity index (χ3v) is 4.68. The Balaban J connectivity index is 1.67. The summed E-state index contributed by atoms with van der Waals surface area (Å²) in [4.78, 5) is 22.3. The zero-order chi connectivity index (χ0) is 17.2. The van der Waals surface area contributed by atoms with E-state index in [1.807, 2.05) is 35.2 Å². The lowest BCUT2D eigenvalue weighted by Gasteiger charge is -2.23. The molecule has 1 aliphatic heterocycles. The number of carbonyl (C=O) groups excluding carboxylic acids is 1. The maximum absolute atomic E-state index is 13.1. The molecule has 1 aromatic heterocycles. The van der Waals surface area contributed by atoms with Gasteiger partial charge in [-0.15, -0.1) is 0 Å². The van der Waals surface area contributed by atoms with Crippen LogP contribution in [0.3, 0.4) is 0 Å². The first-order chi connectivity index (χ1) is 12.2. The van der Waals surface area contributed by atoms with Crippen LogP contribution in [-0.2, 0) is 0 Å². The second-order valence-corrected chi connectivity index (χ2v) is 6.23. The van der Waals surface area contributed by atoms with Gasteiger partial charge in [0, 0.05) is 30.1 Å². The monoisotopic (exact) mass is 333 g/mol. The third kappa shape index (κ3) is 2.89. The summed E-state index contributed by atoms with van der Waals surface area (Å²) in [5.74, 6) is 0.968. The number of likely N-dealkylation sites (tertiary alicyclic amines) is 1. The zero-order valence-electron chi connectivity index (χ0n) is 13.7. The van der Waals surface area contributed by atoms with Gasteiger partial charge < -0.3 is 15.0 Å². The third-order valence-electron chi connectivity index (χ3n) is 4.68. The van der Waals surface area contributed by atoms with Crippen LogP contribution in [0.15, 0.2) is 60.9 Å². The molecule has 1 fully saturated rings. The summed E-state index contributed by atoms with van der Waals surface area (Å²) < 4.78 is 0. The number of hydrogen-bond acceptors (Lipinski definition) is 3. The number of nitrogens with one attached hydrogen (secondary N) is 1. The van der Waals surface area contributed by atoms with E-state index >= 15 is 0 Å². The molecule has 2 heterocycles. The number of amides is 1. The first kappa shape index (κ1) is 15.4. The van der Waals surface area contributed by atoms with Crippen molar-refractivity contribution in [1.82, 2.24) is 14.9 Å². The van der Waals surface area contributed by atoms with Gasteiger partial charge in [0.25, 0.3) is 5.91 Å². The highest BCUT2D eigenvalue weighted by molar-refractivity contribution is 5.96. The molecule has 4 rings (SSSR count). The van der Waals surface area contributed by atoms with Crippen molar-refractivity contribution < 1.29 is 9.90 Å². The summed E-state index contributed by atoms with van der Waals surface area (Å²) in [6.07, 6.45) is 5.36. The Labute approximate surface area is 146 Å². The molecule has 1 aliphatic rings. The molecule has 25 heavy (non-hydrogen) atoms. The quantitative estimate of drug-likeness (QED) is 0.767. The number of aromatic amines is 1. The topological polar surface area (TPSA) is 69.2 Å². The summed E-state index contributed by atoms with van der Waals surface area (Å²) in [6.45, 7) is 0.714. The van der Waals surface area contributed by atoms with E-state index in [0.29, 0.717) is 17.7 Å². The van der Waals surface area contributed by atoms with E-state index < -0.39 is 0 Å². The molecule has 2 N–H and O–H groups in total. The number of phenols is 1. The van der Waals surface area contributed by atoms with Gasteiger partial charge in [0.1, 0.15) is 11.6 Å². The Hall–Kier alpha value is -3.08. The zero-order valence-corrected chi connectivity index (χ0v) is 13.7. The minimum absolute atomic E-state index is 0.0171. The van der Waals surface area contributed by atoms with Crippen LogP contribution in [0.5, 0.6) is 5.75 Å². The van der Waals surface area contributed by atoms with Crippen LogP contribution in [-0.4, -0.2) is 32.4 Å². The molecular weight excluding hydrogens is 314 g/mol. The molecule has 1 saturated heterocycles. The fraction of sp³-hybridized carbons (Fsp3) is 0.200. The number of benzene rings is 2. The highest BCUT2D eigenvalue weighted by atomic mass is 16.3. The molecule has 0 radical (unpaired) electrons. The maximum atomic E-state index is 13.1. The van der Waals surface area contributed by atoms with Gasteiger partial charge in [-0.1, -0.05) is 30.3 Å². The second-order valence-electron chi connectivity index (χ2n) is 6.23. The minimum Gasteiger partial charge on any atom is -0.507 e. The van der Waals surface area contributed by atoms with Crippen LogP contribution in [0.25, 0.3) is 11.1 Å². The second kappa shape index (κ2) is 6.43. The number of phenolic OH excluding ortho intramolecular Hbond substituents is 1. The van der Waals surface area contributed by atoms with E-state index in [-0.39, 0.29) is 17.7 Å².